The molecule has 1 aromatic carbocycles. The Hall–Kier alpha value is -0.740. The number of ether oxygens (including phenoxy) is 2. The van der Waals surface area contributed by atoms with Gasteiger partial charge in [0.2, 0.25) is 0 Å². The monoisotopic (exact) mass is 258 g/mol. The number of fused-ring (bicyclic) bond motifs is 1. The van der Waals surface area contributed by atoms with Gasteiger partial charge >= 0.3 is 0 Å². The molecule has 3 nitrogen and oxygen atoms in total. The van der Waals surface area contributed by atoms with Crippen LogP contribution in [-0.4, -0.2) is 24.9 Å². The van der Waals surface area contributed by atoms with Crippen molar-refractivity contribution in [2.75, 3.05) is 13.7 Å². The summed E-state index contributed by atoms with van der Waals surface area (Å²) in [6, 6.07) is 3.78. The van der Waals surface area contributed by atoms with Crippen molar-refractivity contribution in [2.24, 2.45) is 0 Å². The zero-order valence-corrected chi connectivity index (χ0v) is 9.37. The molecule has 0 amide bonds. The summed E-state index contributed by atoms with van der Waals surface area (Å²) in [4.78, 5) is 0. The molecule has 0 fully saturated rings. The Kier molecular flexibility index (Phi) is 2.65. The maximum atomic E-state index is 9.40. The van der Waals surface area contributed by atoms with Crippen LogP contribution in [0.3, 0.4) is 0 Å². The zero-order valence-electron chi connectivity index (χ0n) is 7.79. The highest BCUT2D eigenvalue weighted by molar-refractivity contribution is 9.10. The second-order valence-electron chi connectivity index (χ2n) is 3.24. The van der Waals surface area contributed by atoms with Crippen molar-refractivity contribution in [3.63, 3.8) is 0 Å². The van der Waals surface area contributed by atoms with Gasteiger partial charge in [0.1, 0.15) is 22.6 Å². The van der Waals surface area contributed by atoms with Gasteiger partial charge < -0.3 is 14.6 Å². The van der Waals surface area contributed by atoms with Gasteiger partial charge in [-0.1, -0.05) is 6.07 Å². The van der Waals surface area contributed by atoms with Crippen LogP contribution in [-0.2, 0) is 6.42 Å². The van der Waals surface area contributed by atoms with Gasteiger partial charge in [-0.05, 0) is 27.6 Å². The van der Waals surface area contributed by atoms with Crippen LogP contribution in [0.15, 0.2) is 16.6 Å². The van der Waals surface area contributed by atoms with Crippen molar-refractivity contribution in [1.82, 2.24) is 0 Å². The smallest absolute Gasteiger partial charge is 0.140 e. The number of rotatable bonds is 1. The van der Waals surface area contributed by atoms with Crippen LogP contribution in [0.4, 0.5) is 0 Å². The molecule has 1 N–H and O–H groups in total. The van der Waals surface area contributed by atoms with Crippen molar-refractivity contribution in [1.29, 1.82) is 0 Å². The Labute approximate surface area is 90.8 Å². The van der Waals surface area contributed by atoms with E-state index in [2.05, 4.69) is 15.9 Å². The summed E-state index contributed by atoms with van der Waals surface area (Å²) in [7, 11) is 1.62. The van der Waals surface area contributed by atoms with E-state index < -0.39 is 6.10 Å². The molecular formula is C10H11BrO3. The molecule has 76 valence electrons. The van der Waals surface area contributed by atoms with Gasteiger partial charge in [0.15, 0.2) is 0 Å². The molecule has 0 unspecified atom stereocenters. The molecule has 1 aromatic rings. The third-order valence-electron chi connectivity index (χ3n) is 2.24. The van der Waals surface area contributed by atoms with Crippen molar-refractivity contribution in [3.8, 4) is 11.5 Å². The lowest BCUT2D eigenvalue weighted by Crippen LogP contribution is -2.25. The van der Waals surface area contributed by atoms with Gasteiger partial charge in [0.05, 0.1) is 13.2 Å². The largest absolute Gasteiger partial charge is 0.495 e. The molecule has 1 atom stereocenters. The Bertz CT molecular complexity index is 351. The van der Waals surface area contributed by atoms with Gasteiger partial charge in [0, 0.05) is 6.42 Å². The van der Waals surface area contributed by atoms with E-state index in [1.807, 2.05) is 12.1 Å². The summed E-state index contributed by atoms with van der Waals surface area (Å²) in [6.07, 6.45) is 0.237. The van der Waals surface area contributed by atoms with E-state index in [9.17, 15) is 5.11 Å². The Morgan fingerprint density at radius 2 is 2.36 bits per heavy atom. The molecule has 14 heavy (non-hydrogen) atoms. The van der Waals surface area contributed by atoms with Crippen LogP contribution in [0.25, 0.3) is 0 Å². The van der Waals surface area contributed by atoms with E-state index in [1.165, 1.54) is 0 Å². The zero-order chi connectivity index (χ0) is 10.1. The van der Waals surface area contributed by atoms with Crippen LogP contribution in [0.1, 0.15) is 5.56 Å². The van der Waals surface area contributed by atoms with Crippen LogP contribution in [0, 0.1) is 0 Å². The maximum absolute atomic E-state index is 9.40. The predicted molar refractivity (Wildman–Crippen MR) is 55.9 cm³/mol. The van der Waals surface area contributed by atoms with Gasteiger partial charge in [0.25, 0.3) is 0 Å². The number of hydrogen-bond acceptors (Lipinski definition) is 3. The number of aliphatic hydroxyl groups is 1. The highest BCUT2D eigenvalue weighted by Crippen LogP contribution is 2.39. The first kappa shape index (κ1) is 9.80. The SMILES string of the molecule is COc1ccc2c(c1Br)OC[C@@H](O)C2. The van der Waals surface area contributed by atoms with Gasteiger partial charge in [-0.25, -0.2) is 0 Å². The minimum atomic E-state index is -0.400. The fourth-order valence-corrected chi connectivity index (χ4v) is 2.21. The van der Waals surface area contributed by atoms with Crippen molar-refractivity contribution >= 4 is 15.9 Å². The molecule has 2 rings (SSSR count). The average molecular weight is 259 g/mol. The Balaban J connectivity index is 2.43. The Morgan fingerprint density at radius 1 is 1.57 bits per heavy atom. The quantitative estimate of drug-likeness (QED) is 0.835. The second-order valence-corrected chi connectivity index (χ2v) is 4.03. The number of aliphatic hydroxyl groups excluding tert-OH is 1. The summed E-state index contributed by atoms with van der Waals surface area (Å²) in [5.41, 5.74) is 1.01. The summed E-state index contributed by atoms with van der Waals surface area (Å²) < 4.78 is 11.4. The predicted octanol–water partition coefficient (Wildman–Crippen LogP) is 1.75. The molecule has 0 saturated carbocycles. The molecule has 0 spiro atoms. The molecule has 0 saturated heterocycles. The average Bonchev–Trinajstić information content (AvgIpc) is 2.18. The maximum Gasteiger partial charge on any atom is 0.140 e. The number of benzene rings is 1. The van der Waals surface area contributed by atoms with Gasteiger partial charge in [-0.2, -0.15) is 0 Å². The molecule has 0 aromatic heterocycles. The van der Waals surface area contributed by atoms with Crippen molar-refractivity contribution in [2.45, 2.75) is 12.5 Å². The van der Waals surface area contributed by atoms with Crippen molar-refractivity contribution < 1.29 is 14.6 Å². The number of methoxy groups -OCH3 is 1. The fraction of sp³-hybridized carbons (Fsp3) is 0.400. The van der Waals surface area contributed by atoms with E-state index in [4.69, 9.17) is 9.47 Å². The second kappa shape index (κ2) is 3.79. The molecule has 1 aliphatic heterocycles. The first-order valence-electron chi connectivity index (χ1n) is 4.38. The molecule has 0 radical (unpaired) electrons. The first-order chi connectivity index (χ1) is 6.72. The molecular weight excluding hydrogens is 248 g/mol. The third kappa shape index (κ3) is 1.60. The summed E-state index contributed by atoms with van der Waals surface area (Å²) in [6.45, 7) is 0.346. The van der Waals surface area contributed by atoms with Crippen LogP contribution in [0.5, 0.6) is 11.5 Å². The minimum absolute atomic E-state index is 0.346. The molecule has 0 aliphatic carbocycles. The minimum Gasteiger partial charge on any atom is -0.495 e. The standard InChI is InChI=1S/C10H11BrO3/c1-13-8-3-2-6-4-7(12)5-14-10(6)9(8)11/h2-3,7,12H,4-5H2,1H3/t7-/m0/s1. The van der Waals surface area contributed by atoms with E-state index in [1.54, 1.807) is 7.11 Å². The summed E-state index contributed by atoms with van der Waals surface area (Å²) in [5, 5.41) is 9.40. The normalized spacial score (nSPS) is 19.8. The lowest BCUT2D eigenvalue weighted by molar-refractivity contribution is 0.0913. The lowest BCUT2D eigenvalue weighted by atomic mass is 10.0. The first-order valence-corrected chi connectivity index (χ1v) is 5.18. The Morgan fingerprint density at radius 3 is 3.07 bits per heavy atom. The molecule has 1 heterocycles. The summed E-state index contributed by atoms with van der Waals surface area (Å²) in [5.74, 6) is 1.54. The number of halogens is 1. The van der Waals surface area contributed by atoms with Crippen LogP contribution >= 0.6 is 15.9 Å². The molecule has 4 heteroatoms. The molecule has 0 bridgehead atoms. The molecule has 1 aliphatic rings. The highest BCUT2D eigenvalue weighted by Gasteiger charge is 2.21. The van der Waals surface area contributed by atoms with E-state index in [0.29, 0.717) is 13.0 Å². The van der Waals surface area contributed by atoms with Crippen LogP contribution < -0.4 is 9.47 Å². The summed E-state index contributed by atoms with van der Waals surface area (Å²) >= 11 is 3.42. The fourth-order valence-electron chi connectivity index (χ4n) is 1.54. The van der Waals surface area contributed by atoms with Gasteiger partial charge in [-0.3, -0.25) is 0 Å². The highest BCUT2D eigenvalue weighted by atomic mass is 79.9. The van der Waals surface area contributed by atoms with E-state index >= 15 is 0 Å². The van der Waals surface area contributed by atoms with Crippen molar-refractivity contribution in [3.05, 3.63) is 22.2 Å². The van der Waals surface area contributed by atoms with Crippen LogP contribution in [0.2, 0.25) is 0 Å². The van der Waals surface area contributed by atoms with E-state index in [-0.39, 0.29) is 0 Å². The topological polar surface area (TPSA) is 38.7 Å². The van der Waals surface area contributed by atoms with Gasteiger partial charge in [-0.15, -0.1) is 0 Å². The third-order valence-corrected chi connectivity index (χ3v) is 2.99. The van der Waals surface area contributed by atoms with E-state index in [0.717, 1.165) is 21.5 Å². The number of hydrogen-bond donors (Lipinski definition) is 1. The lowest BCUT2D eigenvalue weighted by Gasteiger charge is -2.23.